The SMILES string of the molecule is O=C(CN1CCN(S(=O)(=O)c2cccc(Cl)c2)CC1)Nc1cccc(Cl)c1. The van der Waals surface area contributed by atoms with Gasteiger partial charge in [0.1, 0.15) is 0 Å². The Morgan fingerprint density at radius 3 is 2.22 bits per heavy atom. The Kier molecular flexibility index (Phi) is 6.39. The molecule has 2 aromatic rings. The zero-order valence-corrected chi connectivity index (χ0v) is 16.8. The molecule has 0 aromatic heterocycles. The van der Waals surface area contributed by atoms with Gasteiger partial charge in [0.2, 0.25) is 15.9 Å². The number of anilines is 1. The fourth-order valence-electron chi connectivity index (χ4n) is 2.87. The molecular weight excluding hydrogens is 409 g/mol. The van der Waals surface area contributed by atoms with Gasteiger partial charge in [-0.25, -0.2) is 8.42 Å². The Labute approximate surface area is 168 Å². The number of amides is 1. The lowest BCUT2D eigenvalue weighted by atomic mass is 10.3. The minimum atomic E-state index is -3.58. The number of hydrogen-bond donors (Lipinski definition) is 1. The first-order chi connectivity index (χ1) is 12.8. The third-order valence-electron chi connectivity index (χ3n) is 4.24. The first kappa shape index (κ1) is 20.1. The minimum Gasteiger partial charge on any atom is -0.325 e. The van der Waals surface area contributed by atoms with Crippen molar-refractivity contribution < 1.29 is 13.2 Å². The summed E-state index contributed by atoms with van der Waals surface area (Å²) in [7, 11) is -3.58. The molecule has 27 heavy (non-hydrogen) atoms. The van der Waals surface area contributed by atoms with E-state index < -0.39 is 10.0 Å². The molecule has 0 radical (unpaired) electrons. The summed E-state index contributed by atoms with van der Waals surface area (Å²) in [5.41, 5.74) is 0.634. The number of benzene rings is 2. The van der Waals surface area contributed by atoms with Gasteiger partial charge in [-0.1, -0.05) is 35.3 Å². The van der Waals surface area contributed by atoms with Gasteiger partial charge in [0, 0.05) is 41.9 Å². The van der Waals surface area contributed by atoms with Crippen LogP contribution in [0.4, 0.5) is 5.69 Å². The van der Waals surface area contributed by atoms with Gasteiger partial charge in [0.05, 0.1) is 11.4 Å². The van der Waals surface area contributed by atoms with E-state index in [1.807, 2.05) is 4.90 Å². The van der Waals surface area contributed by atoms with Crippen LogP contribution in [0.2, 0.25) is 10.0 Å². The number of carbonyl (C=O) groups is 1. The van der Waals surface area contributed by atoms with Crippen LogP contribution in [0.5, 0.6) is 0 Å². The second kappa shape index (κ2) is 8.58. The molecule has 0 bridgehead atoms. The Hall–Kier alpha value is -1.64. The van der Waals surface area contributed by atoms with Crippen LogP contribution in [-0.4, -0.2) is 56.3 Å². The molecule has 0 atom stereocenters. The van der Waals surface area contributed by atoms with Crippen LogP contribution in [0, 0.1) is 0 Å². The topological polar surface area (TPSA) is 69.7 Å². The van der Waals surface area contributed by atoms with E-state index in [4.69, 9.17) is 23.2 Å². The molecule has 1 aliphatic rings. The lowest BCUT2D eigenvalue weighted by molar-refractivity contribution is -0.117. The molecule has 1 aliphatic heterocycles. The zero-order chi connectivity index (χ0) is 19.4. The van der Waals surface area contributed by atoms with Crippen molar-refractivity contribution in [1.82, 2.24) is 9.21 Å². The summed E-state index contributed by atoms with van der Waals surface area (Å²) in [6.07, 6.45) is 0. The highest BCUT2D eigenvalue weighted by molar-refractivity contribution is 7.89. The van der Waals surface area contributed by atoms with E-state index in [-0.39, 0.29) is 17.3 Å². The molecule has 6 nitrogen and oxygen atoms in total. The Bertz CT molecular complexity index is 929. The maximum absolute atomic E-state index is 12.7. The second-order valence-corrected chi connectivity index (χ2v) is 9.01. The van der Waals surface area contributed by atoms with Gasteiger partial charge in [-0.2, -0.15) is 4.31 Å². The number of hydrogen-bond acceptors (Lipinski definition) is 4. The molecule has 1 saturated heterocycles. The zero-order valence-electron chi connectivity index (χ0n) is 14.4. The van der Waals surface area contributed by atoms with Crippen LogP contribution < -0.4 is 5.32 Å². The minimum absolute atomic E-state index is 0.164. The third kappa shape index (κ3) is 5.21. The monoisotopic (exact) mass is 427 g/mol. The van der Waals surface area contributed by atoms with Crippen molar-refractivity contribution in [3.63, 3.8) is 0 Å². The molecule has 0 aliphatic carbocycles. The number of nitrogens with one attached hydrogen (secondary N) is 1. The van der Waals surface area contributed by atoms with Crippen LogP contribution in [0.15, 0.2) is 53.4 Å². The highest BCUT2D eigenvalue weighted by atomic mass is 35.5. The molecule has 3 rings (SSSR count). The second-order valence-electron chi connectivity index (χ2n) is 6.20. The largest absolute Gasteiger partial charge is 0.325 e. The third-order valence-corrected chi connectivity index (χ3v) is 6.61. The average molecular weight is 428 g/mol. The van der Waals surface area contributed by atoms with Gasteiger partial charge < -0.3 is 5.32 Å². The molecule has 1 N–H and O–H groups in total. The summed E-state index contributed by atoms with van der Waals surface area (Å²) in [5.74, 6) is -0.164. The average Bonchev–Trinajstić information content (AvgIpc) is 2.62. The van der Waals surface area contributed by atoms with Crippen molar-refractivity contribution in [3.05, 3.63) is 58.6 Å². The fourth-order valence-corrected chi connectivity index (χ4v) is 4.79. The van der Waals surface area contributed by atoms with E-state index in [0.29, 0.717) is 41.9 Å². The van der Waals surface area contributed by atoms with Crippen molar-refractivity contribution in [3.8, 4) is 0 Å². The smallest absolute Gasteiger partial charge is 0.243 e. The summed E-state index contributed by atoms with van der Waals surface area (Å²) >= 11 is 11.8. The molecule has 144 valence electrons. The Morgan fingerprint density at radius 2 is 1.59 bits per heavy atom. The van der Waals surface area contributed by atoms with Crippen molar-refractivity contribution >= 4 is 44.8 Å². The predicted molar refractivity (Wildman–Crippen MR) is 107 cm³/mol. The first-order valence-corrected chi connectivity index (χ1v) is 10.6. The van der Waals surface area contributed by atoms with E-state index in [1.165, 1.54) is 16.4 Å². The van der Waals surface area contributed by atoms with E-state index in [2.05, 4.69) is 5.32 Å². The predicted octanol–water partition coefficient (Wildman–Crippen LogP) is 2.94. The summed E-state index contributed by atoms with van der Waals surface area (Å²) in [4.78, 5) is 14.3. The van der Waals surface area contributed by atoms with Gasteiger partial charge >= 0.3 is 0 Å². The van der Waals surface area contributed by atoms with Crippen molar-refractivity contribution in [2.75, 3.05) is 38.0 Å². The van der Waals surface area contributed by atoms with Crippen LogP contribution in [-0.2, 0) is 14.8 Å². The number of rotatable bonds is 5. The van der Waals surface area contributed by atoms with Crippen LogP contribution in [0.3, 0.4) is 0 Å². The number of sulfonamides is 1. The molecule has 0 spiro atoms. The summed E-state index contributed by atoms with van der Waals surface area (Å²) < 4.78 is 26.8. The van der Waals surface area contributed by atoms with E-state index in [9.17, 15) is 13.2 Å². The van der Waals surface area contributed by atoms with Gasteiger partial charge in [-0.05, 0) is 36.4 Å². The summed E-state index contributed by atoms with van der Waals surface area (Å²) in [5, 5.41) is 3.72. The number of halogens is 2. The van der Waals surface area contributed by atoms with Gasteiger partial charge in [-0.3, -0.25) is 9.69 Å². The molecule has 1 heterocycles. The Morgan fingerprint density at radius 1 is 0.963 bits per heavy atom. The molecule has 0 saturated carbocycles. The van der Waals surface area contributed by atoms with E-state index in [1.54, 1.807) is 36.4 Å². The van der Waals surface area contributed by atoms with Crippen molar-refractivity contribution in [2.45, 2.75) is 4.90 Å². The molecule has 2 aromatic carbocycles. The summed E-state index contributed by atoms with van der Waals surface area (Å²) in [6, 6.07) is 13.2. The van der Waals surface area contributed by atoms with Crippen LogP contribution in [0.1, 0.15) is 0 Å². The molecule has 1 amide bonds. The van der Waals surface area contributed by atoms with Gasteiger partial charge in [-0.15, -0.1) is 0 Å². The molecule has 1 fully saturated rings. The number of nitrogens with zero attached hydrogens (tertiary/aromatic N) is 2. The lowest BCUT2D eigenvalue weighted by Crippen LogP contribution is -2.50. The van der Waals surface area contributed by atoms with Crippen molar-refractivity contribution in [2.24, 2.45) is 0 Å². The highest BCUT2D eigenvalue weighted by Gasteiger charge is 2.29. The summed E-state index contributed by atoms with van der Waals surface area (Å²) in [6.45, 7) is 1.78. The van der Waals surface area contributed by atoms with E-state index >= 15 is 0 Å². The van der Waals surface area contributed by atoms with E-state index in [0.717, 1.165) is 0 Å². The van der Waals surface area contributed by atoms with Crippen LogP contribution in [0.25, 0.3) is 0 Å². The van der Waals surface area contributed by atoms with Gasteiger partial charge in [0.15, 0.2) is 0 Å². The number of carbonyl (C=O) groups excluding carboxylic acids is 1. The molecule has 9 heteroatoms. The first-order valence-electron chi connectivity index (χ1n) is 8.38. The molecular formula is C18H19Cl2N3O3S. The molecule has 0 unspecified atom stereocenters. The quantitative estimate of drug-likeness (QED) is 0.795. The standard InChI is InChI=1S/C18H19Cl2N3O3S/c19-14-3-1-5-16(11-14)21-18(24)13-22-7-9-23(10-8-22)27(25,26)17-6-2-4-15(20)12-17/h1-6,11-12H,7-10,13H2,(H,21,24). The fraction of sp³-hybridized carbons (Fsp3) is 0.278. The maximum atomic E-state index is 12.7. The maximum Gasteiger partial charge on any atom is 0.243 e. The van der Waals surface area contributed by atoms with Crippen molar-refractivity contribution in [1.29, 1.82) is 0 Å². The lowest BCUT2D eigenvalue weighted by Gasteiger charge is -2.33. The normalized spacial score (nSPS) is 16.2. The van der Waals surface area contributed by atoms with Crippen LogP contribution >= 0.6 is 23.2 Å². The highest BCUT2D eigenvalue weighted by Crippen LogP contribution is 2.21. The van der Waals surface area contributed by atoms with Gasteiger partial charge in [0.25, 0.3) is 0 Å². The Balaban J connectivity index is 1.55. The number of piperazine rings is 1.